The highest BCUT2D eigenvalue weighted by molar-refractivity contribution is 5.79. The van der Waals surface area contributed by atoms with Gasteiger partial charge in [-0.05, 0) is 43.5 Å². The van der Waals surface area contributed by atoms with Crippen LogP contribution in [-0.2, 0) is 11.2 Å². The molecule has 1 aromatic heterocycles. The molecule has 1 saturated heterocycles. The summed E-state index contributed by atoms with van der Waals surface area (Å²) in [6, 6.07) is 14.4. The normalized spacial score (nSPS) is 16.6. The lowest BCUT2D eigenvalue weighted by molar-refractivity contribution is -0.131. The summed E-state index contributed by atoms with van der Waals surface area (Å²) in [6.07, 6.45) is 5.66. The lowest BCUT2D eigenvalue weighted by Crippen LogP contribution is -2.40. The second kappa shape index (κ2) is 8.52. The molecule has 0 N–H and O–H groups in total. The zero-order chi connectivity index (χ0) is 20.2. The lowest BCUT2D eigenvalue weighted by atomic mass is 9.91. The smallest absolute Gasteiger partial charge is 0.227 e. The number of rotatable bonds is 4. The number of likely N-dealkylation sites (tertiary alicyclic amines) is 1. The third-order valence-corrected chi connectivity index (χ3v) is 5.45. The van der Waals surface area contributed by atoms with Gasteiger partial charge in [0.25, 0.3) is 0 Å². The summed E-state index contributed by atoms with van der Waals surface area (Å²) in [7, 11) is 0. The fraction of sp³-hybridized carbons (Fsp3) is 0.292. The first-order valence-electron chi connectivity index (χ1n) is 10.0. The van der Waals surface area contributed by atoms with Crippen LogP contribution in [-0.4, -0.2) is 33.9 Å². The first-order valence-corrected chi connectivity index (χ1v) is 10.0. The summed E-state index contributed by atoms with van der Waals surface area (Å²) in [5.41, 5.74) is 4.92. The number of halogens is 1. The van der Waals surface area contributed by atoms with Gasteiger partial charge in [-0.15, -0.1) is 0 Å². The van der Waals surface area contributed by atoms with Crippen LogP contribution in [0, 0.1) is 12.7 Å². The van der Waals surface area contributed by atoms with Gasteiger partial charge in [-0.3, -0.25) is 14.8 Å². The van der Waals surface area contributed by atoms with E-state index in [2.05, 4.69) is 35.1 Å². The Morgan fingerprint density at radius 1 is 1.14 bits per heavy atom. The highest BCUT2D eigenvalue weighted by atomic mass is 19.1. The summed E-state index contributed by atoms with van der Waals surface area (Å²) >= 11 is 0. The Balaban J connectivity index is 1.53. The second-order valence-corrected chi connectivity index (χ2v) is 7.64. The molecule has 1 aliphatic rings. The van der Waals surface area contributed by atoms with E-state index in [4.69, 9.17) is 0 Å². The van der Waals surface area contributed by atoms with E-state index in [1.807, 2.05) is 11.0 Å². The van der Waals surface area contributed by atoms with E-state index in [1.54, 1.807) is 24.5 Å². The summed E-state index contributed by atoms with van der Waals surface area (Å²) in [4.78, 5) is 24.0. The fourth-order valence-electron chi connectivity index (χ4n) is 3.98. The van der Waals surface area contributed by atoms with Gasteiger partial charge in [-0.2, -0.15) is 0 Å². The lowest BCUT2D eigenvalue weighted by Gasteiger charge is -2.33. The third kappa shape index (κ3) is 4.50. The highest BCUT2D eigenvalue weighted by Crippen LogP contribution is 2.32. The summed E-state index contributed by atoms with van der Waals surface area (Å²) in [6.45, 7) is 3.45. The Labute approximate surface area is 170 Å². The highest BCUT2D eigenvalue weighted by Gasteiger charge is 2.28. The molecule has 4 nitrogen and oxygen atoms in total. The fourth-order valence-corrected chi connectivity index (χ4v) is 3.98. The third-order valence-electron chi connectivity index (χ3n) is 5.45. The van der Waals surface area contributed by atoms with Gasteiger partial charge in [-0.25, -0.2) is 4.39 Å². The van der Waals surface area contributed by atoms with E-state index in [1.165, 1.54) is 17.7 Å². The Kier molecular flexibility index (Phi) is 5.65. The Morgan fingerprint density at radius 3 is 2.72 bits per heavy atom. The van der Waals surface area contributed by atoms with Crippen LogP contribution >= 0.6 is 0 Å². The maximum atomic E-state index is 13.1. The molecule has 0 radical (unpaired) electrons. The maximum Gasteiger partial charge on any atom is 0.227 e. The predicted molar refractivity (Wildman–Crippen MR) is 111 cm³/mol. The molecular weight excluding hydrogens is 365 g/mol. The van der Waals surface area contributed by atoms with E-state index in [0.717, 1.165) is 41.9 Å². The minimum Gasteiger partial charge on any atom is -0.342 e. The summed E-state index contributed by atoms with van der Waals surface area (Å²) in [5.74, 6) is -0.0574. The Morgan fingerprint density at radius 2 is 1.93 bits per heavy atom. The zero-order valence-corrected chi connectivity index (χ0v) is 16.5. The van der Waals surface area contributed by atoms with Crippen molar-refractivity contribution in [1.82, 2.24) is 14.9 Å². The average Bonchev–Trinajstić information content (AvgIpc) is 2.75. The van der Waals surface area contributed by atoms with Crippen molar-refractivity contribution in [2.75, 3.05) is 13.1 Å². The van der Waals surface area contributed by atoms with Crippen LogP contribution in [0.15, 0.2) is 60.9 Å². The van der Waals surface area contributed by atoms with Crippen LogP contribution in [0.5, 0.6) is 0 Å². The van der Waals surface area contributed by atoms with Crippen molar-refractivity contribution in [3.05, 3.63) is 83.6 Å². The van der Waals surface area contributed by atoms with E-state index >= 15 is 0 Å². The predicted octanol–water partition coefficient (Wildman–Crippen LogP) is 4.54. The van der Waals surface area contributed by atoms with E-state index in [0.29, 0.717) is 6.54 Å². The number of carbonyl (C=O) groups is 1. The monoisotopic (exact) mass is 389 g/mol. The minimum atomic E-state index is -0.287. The quantitative estimate of drug-likeness (QED) is 0.658. The standard InChI is InChI=1S/C24H24FN3O/c1-17-4-2-5-19(14-17)23-24(27-12-11-26-23)20-6-3-13-28(16-20)22(29)15-18-7-9-21(25)10-8-18/h2,4-5,7-12,14,20H,3,6,13,15-16H2,1H3/t20-/m0/s1. The van der Waals surface area contributed by atoms with Crippen molar-refractivity contribution in [2.45, 2.75) is 32.1 Å². The number of hydrogen-bond acceptors (Lipinski definition) is 3. The van der Waals surface area contributed by atoms with Crippen LogP contribution in [0.25, 0.3) is 11.3 Å². The van der Waals surface area contributed by atoms with Gasteiger partial charge < -0.3 is 4.90 Å². The van der Waals surface area contributed by atoms with E-state index < -0.39 is 0 Å². The molecule has 29 heavy (non-hydrogen) atoms. The molecule has 1 aliphatic heterocycles. The molecule has 0 saturated carbocycles. The summed E-state index contributed by atoms with van der Waals surface area (Å²) < 4.78 is 13.1. The van der Waals surface area contributed by atoms with E-state index in [-0.39, 0.29) is 24.1 Å². The van der Waals surface area contributed by atoms with Crippen LogP contribution in [0.2, 0.25) is 0 Å². The second-order valence-electron chi connectivity index (χ2n) is 7.64. The molecule has 148 valence electrons. The number of benzene rings is 2. The number of aromatic nitrogens is 2. The molecule has 2 heterocycles. The molecule has 1 amide bonds. The number of hydrogen-bond donors (Lipinski definition) is 0. The molecule has 0 bridgehead atoms. The number of nitrogens with zero attached hydrogens (tertiary/aromatic N) is 3. The first-order chi connectivity index (χ1) is 14.1. The topological polar surface area (TPSA) is 46.1 Å². The Bertz CT molecular complexity index is 1000. The van der Waals surface area contributed by atoms with Crippen molar-refractivity contribution in [2.24, 2.45) is 0 Å². The van der Waals surface area contributed by atoms with Crippen molar-refractivity contribution in [1.29, 1.82) is 0 Å². The molecule has 0 spiro atoms. The van der Waals surface area contributed by atoms with Gasteiger partial charge in [0.1, 0.15) is 5.82 Å². The van der Waals surface area contributed by atoms with Gasteiger partial charge >= 0.3 is 0 Å². The van der Waals surface area contributed by atoms with Crippen molar-refractivity contribution < 1.29 is 9.18 Å². The number of piperidine rings is 1. The number of amides is 1. The molecular formula is C24H24FN3O. The van der Waals surface area contributed by atoms with Crippen LogP contribution in [0.1, 0.15) is 35.6 Å². The molecule has 0 aliphatic carbocycles. The Hall–Kier alpha value is -3.08. The van der Waals surface area contributed by atoms with Crippen LogP contribution < -0.4 is 0 Å². The number of aryl methyl sites for hydroxylation is 1. The van der Waals surface area contributed by atoms with Crippen molar-refractivity contribution in [3.63, 3.8) is 0 Å². The van der Waals surface area contributed by atoms with E-state index in [9.17, 15) is 9.18 Å². The van der Waals surface area contributed by atoms with Gasteiger partial charge in [-0.1, -0.05) is 35.9 Å². The SMILES string of the molecule is Cc1cccc(-c2nccnc2[C@H]2CCCN(C(=O)Cc3ccc(F)cc3)C2)c1. The first kappa shape index (κ1) is 19.2. The maximum absolute atomic E-state index is 13.1. The molecule has 1 atom stereocenters. The average molecular weight is 389 g/mol. The van der Waals surface area contributed by atoms with Gasteiger partial charge in [0, 0.05) is 37.0 Å². The number of carbonyl (C=O) groups excluding carboxylic acids is 1. The summed E-state index contributed by atoms with van der Waals surface area (Å²) in [5, 5.41) is 0. The largest absolute Gasteiger partial charge is 0.342 e. The van der Waals surface area contributed by atoms with Crippen LogP contribution in [0.3, 0.4) is 0 Å². The minimum absolute atomic E-state index is 0.0716. The van der Waals surface area contributed by atoms with Gasteiger partial charge in [0.05, 0.1) is 17.8 Å². The van der Waals surface area contributed by atoms with Gasteiger partial charge in [0.15, 0.2) is 0 Å². The molecule has 5 heteroatoms. The molecule has 3 aromatic rings. The van der Waals surface area contributed by atoms with Crippen LogP contribution in [0.4, 0.5) is 4.39 Å². The van der Waals surface area contributed by atoms with Gasteiger partial charge in [0.2, 0.25) is 5.91 Å². The van der Waals surface area contributed by atoms with Crippen molar-refractivity contribution >= 4 is 5.91 Å². The molecule has 4 rings (SSSR count). The molecule has 2 aromatic carbocycles. The molecule has 0 unspecified atom stereocenters. The van der Waals surface area contributed by atoms with Crippen molar-refractivity contribution in [3.8, 4) is 11.3 Å². The molecule has 1 fully saturated rings. The zero-order valence-electron chi connectivity index (χ0n) is 16.5.